The van der Waals surface area contributed by atoms with Gasteiger partial charge in [-0.1, -0.05) is 6.07 Å². The van der Waals surface area contributed by atoms with Crippen molar-refractivity contribution in [3.05, 3.63) is 23.8 Å². The predicted octanol–water partition coefficient (Wildman–Crippen LogP) is 0.467. The molecule has 0 radical (unpaired) electrons. The highest BCUT2D eigenvalue weighted by Crippen LogP contribution is 2.32. The van der Waals surface area contributed by atoms with Gasteiger partial charge in [0, 0.05) is 0 Å². The van der Waals surface area contributed by atoms with Gasteiger partial charge in [0.1, 0.15) is 0 Å². The minimum atomic E-state index is -0.354. The highest BCUT2D eigenvalue weighted by atomic mass is 16.7. The normalized spacial score (nSPS) is 17.5. The van der Waals surface area contributed by atoms with Gasteiger partial charge in [-0.3, -0.25) is 9.69 Å². The topological polar surface area (TPSA) is 67.9 Å². The predicted molar refractivity (Wildman–Crippen MR) is 56.5 cm³/mol. The van der Waals surface area contributed by atoms with E-state index in [0.29, 0.717) is 11.5 Å². The Hall–Kier alpha value is -2.24. The molecular formula is C11H10N2O4. The van der Waals surface area contributed by atoms with E-state index < -0.39 is 0 Å². The number of hydrogen-bond donors (Lipinski definition) is 1. The van der Waals surface area contributed by atoms with Crippen LogP contribution in [0.2, 0.25) is 0 Å². The first-order valence-corrected chi connectivity index (χ1v) is 5.21. The summed E-state index contributed by atoms with van der Waals surface area (Å²) < 4.78 is 10.4. The molecule has 6 nitrogen and oxygen atoms in total. The molecule has 1 aromatic rings. The van der Waals surface area contributed by atoms with Gasteiger partial charge in [0.15, 0.2) is 11.5 Å². The molecule has 2 heterocycles. The van der Waals surface area contributed by atoms with Gasteiger partial charge >= 0.3 is 6.03 Å². The first-order chi connectivity index (χ1) is 8.24. The smallest absolute Gasteiger partial charge is 0.324 e. The molecule has 17 heavy (non-hydrogen) atoms. The zero-order valence-electron chi connectivity index (χ0n) is 8.93. The number of fused-ring (bicyclic) bond motifs is 1. The number of rotatable bonds is 2. The summed E-state index contributed by atoms with van der Waals surface area (Å²) in [7, 11) is 0. The molecule has 2 aliphatic heterocycles. The Morgan fingerprint density at radius 1 is 1.24 bits per heavy atom. The Kier molecular flexibility index (Phi) is 2.14. The summed E-state index contributed by atoms with van der Waals surface area (Å²) in [6.45, 7) is 0.534. The summed E-state index contributed by atoms with van der Waals surface area (Å²) in [6.07, 6.45) is 0. The van der Waals surface area contributed by atoms with Gasteiger partial charge in [0.2, 0.25) is 12.7 Å². The summed E-state index contributed by atoms with van der Waals surface area (Å²) in [5, 5.41) is 2.47. The molecule has 1 aromatic carbocycles. The van der Waals surface area contributed by atoms with Crippen LogP contribution in [-0.2, 0) is 11.3 Å². The monoisotopic (exact) mass is 234 g/mol. The van der Waals surface area contributed by atoms with E-state index in [1.165, 1.54) is 4.90 Å². The van der Waals surface area contributed by atoms with E-state index in [2.05, 4.69) is 5.32 Å². The van der Waals surface area contributed by atoms with Crippen LogP contribution < -0.4 is 14.8 Å². The molecule has 0 saturated carbocycles. The van der Waals surface area contributed by atoms with Crippen molar-refractivity contribution in [3.63, 3.8) is 0 Å². The number of benzene rings is 1. The van der Waals surface area contributed by atoms with Crippen LogP contribution in [0, 0.1) is 0 Å². The third-order valence-electron chi connectivity index (χ3n) is 2.71. The van der Waals surface area contributed by atoms with Gasteiger partial charge < -0.3 is 14.8 Å². The lowest BCUT2D eigenvalue weighted by molar-refractivity contribution is -0.125. The van der Waals surface area contributed by atoms with E-state index in [4.69, 9.17) is 9.47 Å². The van der Waals surface area contributed by atoms with Crippen molar-refractivity contribution >= 4 is 11.9 Å². The third-order valence-corrected chi connectivity index (χ3v) is 2.71. The second kappa shape index (κ2) is 3.65. The van der Waals surface area contributed by atoms with Gasteiger partial charge in [0.25, 0.3) is 0 Å². The molecule has 3 amide bonds. The maximum atomic E-state index is 11.4. The molecule has 88 valence electrons. The summed E-state index contributed by atoms with van der Waals surface area (Å²) in [4.78, 5) is 23.9. The fourth-order valence-corrected chi connectivity index (χ4v) is 1.84. The van der Waals surface area contributed by atoms with Crippen LogP contribution in [0.15, 0.2) is 18.2 Å². The molecule has 0 aliphatic carbocycles. The highest BCUT2D eigenvalue weighted by molar-refractivity contribution is 6.01. The van der Waals surface area contributed by atoms with Crippen LogP contribution in [-0.4, -0.2) is 30.2 Å². The minimum Gasteiger partial charge on any atom is -0.454 e. The number of carbonyl (C=O) groups excluding carboxylic acids is 2. The Bertz CT molecular complexity index is 484. The van der Waals surface area contributed by atoms with Crippen molar-refractivity contribution in [2.45, 2.75) is 6.54 Å². The lowest BCUT2D eigenvalue weighted by atomic mass is 10.2. The standard InChI is InChI=1S/C11H10N2O4/c14-10-4-12-11(15)13(10)5-7-1-2-8-9(3-7)17-6-16-8/h1-3H,4-6H2,(H,12,15). The molecule has 0 unspecified atom stereocenters. The number of hydrogen-bond acceptors (Lipinski definition) is 4. The largest absolute Gasteiger partial charge is 0.454 e. The number of ether oxygens (including phenoxy) is 2. The molecule has 6 heteroatoms. The van der Waals surface area contributed by atoms with Crippen molar-refractivity contribution in [2.75, 3.05) is 13.3 Å². The van der Waals surface area contributed by atoms with Gasteiger partial charge in [0.05, 0.1) is 13.1 Å². The number of nitrogens with zero attached hydrogens (tertiary/aromatic N) is 1. The van der Waals surface area contributed by atoms with Crippen LogP contribution in [0.5, 0.6) is 11.5 Å². The SMILES string of the molecule is O=C1CNC(=O)N1Cc1ccc2c(c1)OCO2. The molecule has 3 rings (SSSR count). The second-order valence-electron chi connectivity index (χ2n) is 3.83. The summed E-state index contributed by atoms with van der Waals surface area (Å²) in [6, 6.07) is 5.01. The molecule has 1 saturated heterocycles. The van der Waals surface area contributed by atoms with E-state index >= 15 is 0 Å². The van der Waals surface area contributed by atoms with E-state index in [9.17, 15) is 9.59 Å². The van der Waals surface area contributed by atoms with Crippen molar-refractivity contribution in [2.24, 2.45) is 0 Å². The Morgan fingerprint density at radius 3 is 2.82 bits per heavy atom. The summed E-state index contributed by atoms with van der Waals surface area (Å²) in [5.41, 5.74) is 0.833. The van der Waals surface area contributed by atoms with Gasteiger partial charge in [-0.15, -0.1) is 0 Å². The number of nitrogens with one attached hydrogen (secondary N) is 1. The number of imide groups is 1. The zero-order chi connectivity index (χ0) is 11.8. The first kappa shape index (κ1) is 9.95. The lowest BCUT2D eigenvalue weighted by Gasteiger charge is -2.12. The number of carbonyl (C=O) groups is 2. The molecule has 0 spiro atoms. The molecule has 2 aliphatic rings. The maximum absolute atomic E-state index is 11.4. The molecule has 0 aromatic heterocycles. The lowest BCUT2D eigenvalue weighted by Crippen LogP contribution is -2.30. The Morgan fingerprint density at radius 2 is 2.06 bits per heavy atom. The van der Waals surface area contributed by atoms with Crippen LogP contribution in [0.25, 0.3) is 0 Å². The van der Waals surface area contributed by atoms with Crippen molar-refractivity contribution in [3.8, 4) is 11.5 Å². The fraction of sp³-hybridized carbons (Fsp3) is 0.273. The van der Waals surface area contributed by atoms with Crippen LogP contribution in [0.4, 0.5) is 4.79 Å². The van der Waals surface area contributed by atoms with Crippen LogP contribution in [0.1, 0.15) is 5.56 Å². The number of amides is 3. The zero-order valence-corrected chi connectivity index (χ0v) is 8.93. The molecule has 0 bridgehead atoms. The Labute approximate surface area is 97.1 Å². The minimum absolute atomic E-state index is 0.0728. The quantitative estimate of drug-likeness (QED) is 0.755. The van der Waals surface area contributed by atoms with Crippen molar-refractivity contribution in [1.29, 1.82) is 0 Å². The summed E-state index contributed by atoms with van der Waals surface area (Å²) >= 11 is 0. The average Bonchev–Trinajstić information content (AvgIpc) is 2.90. The first-order valence-electron chi connectivity index (χ1n) is 5.21. The second-order valence-corrected chi connectivity index (χ2v) is 3.83. The molecule has 1 N–H and O–H groups in total. The maximum Gasteiger partial charge on any atom is 0.324 e. The highest BCUT2D eigenvalue weighted by Gasteiger charge is 2.28. The van der Waals surface area contributed by atoms with Gasteiger partial charge in [-0.05, 0) is 17.7 Å². The molecule has 1 fully saturated rings. The summed E-state index contributed by atoms with van der Waals surface area (Å²) in [5.74, 6) is 1.12. The third kappa shape index (κ3) is 1.67. The van der Waals surface area contributed by atoms with E-state index in [1.807, 2.05) is 6.07 Å². The average molecular weight is 234 g/mol. The van der Waals surface area contributed by atoms with Crippen LogP contribution in [0.3, 0.4) is 0 Å². The van der Waals surface area contributed by atoms with Crippen molar-refractivity contribution < 1.29 is 19.1 Å². The van der Waals surface area contributed by atoms with E-state index in [0.717, 1.165) is 5.56 Å². The fourth-order valence-electron chi connectivity index (χ4n) is 1.84. The van der Waals surface area contributed by atoms with Gasteiger partial charge in [-0.25, -0.2) is 4.79 Å². The van der Waals surface area contributed by atoms with Crippen molar-refractivity contribution in [1.82, 2.24) is 10.2 Å². The van der Waals surface area contributed by atoms with Gasteiger partial charge in [-0.2, -0.15) is 0 Å². The Balaban J connectivity index is 1.81. The van der Waals surface area contributed by atoms with E-state index in [-0.39, 0.29) is 31.8 Å². The van der Waals surface area contributed by atoms with E-state index in [1.54, 1.807) is 12.1 Å². The molecular weight excluding hydrogens is 224 g/mol. The van der Waals surface area contributed by atoms with Crippen LogP contribution >= 0.6 is 0 Å². The molecule has 0 atom stereocenters. The number of urea groups is 1.